The molecule has 1 heteroatoms. The molecular formula is C20H30O. The van der Waals surface area contributed by atoms with E-state index in [1.807, 2.05) is 30.3 Å². The first kappa shape index (κ1) is 17.6. The zero-order chi connectivity index (χ0) is 15.3. The first-order valence-corrected chi connectivity index (χ1v) is 8.45. The Balaban J connectivity index is 0.000000212. The van der Waals surface area contributed by atoms with Crippen LogP contribution in [0, 0.1) is 0 Å². The number of fused-ring (bicyclic) bond motifs is 1. The van der Waals surface area contributed by atoms with Crippen molar-refractivity contribution in [3.63, 3.8) is 0 Å². The monoisotopic (exact) mass is 286 g/mol. The smallest absolute Gasteiger partial charge is 0.116 e. The maximum absolute atomic E-state index is 9.13. The van der Waals surface area contributed by atoms with Gasteiger partial charge in [0, 0.05) is 0 Å². The van der Waals surface area contributed by atoms with Gasteiger partial charge in [0.2, 0.25) is 0 Å². The molecule has 0 saturated heterocycles. The predicted molar refractivity (Wildman–Crippen MR) is 93.9 cm³/mol. The molecule has 0 fully saturated rings. The standard InChI is InChI=1S/C10H8O.C10H22/c11-10-6-5-8-3-1-2-4-9(8)7-10;1-3-5-7-9-10-8-6-4-2/h1-7,11H;3-10H2,1-2H3. The van der Waals surface area contributed by atoms with Crippen molar-refractivity contribution in [3.8, 4) is 5.75 Å². The first-order valence-electron chi connectivity index (χ1n) is 8.45. The lowest BCUT2D eigenvalue weighted by Crippen LogP contribution is -1.77. The van der Waals surface area contributed by atoms with Crippen molar-refractivity contribution in [2.75, 3.05) is 0 Å². The number of hydrogen-bond donors (Lipinski definition) is 1. The number of benzene rings is 2. The molecule has 0 heterocycles. The highest BCUT2D eigenvalue weighted by atomic mass is 16.3. The summed E-state index contributed by atoms with van der Waals surface area (Å²) in [6.45, 7) is 4.54. The normalized spacial score (nSPS) is 10.2. The van der Waals surface area contributed by atoms with E-state index in [2.05, 4.69) is 13.8 Å². The van der Waals surface area contributed by atoms with Gasteiger partial charge in [0.1, 0.15) is 5.75 Å². The summed E-state index contributed by atoms with van der Waals surface area (Å²) in [6.07, 6.45) is 11.5. The van der Waals surface area contributed by atoms with Crippen molar-refractivity contribution in [1.29, 1.82) is 0 Å². The van der Waals surface area contributed by atoms with Crippen LogP contribution in [-0.4, -0.2) is 5.11 Å². The van der Waals surface area contributed by atoms with Crippen molar-refractivity contribution in [2.24, 2.45) is 0 Å². The minimum absolute atomic E-state index is 0.323. The average molecular weight is 286 g/mol. The molecule has 116 valence electrons. The summed E-state index contributed by atoms with van der Waals surface area (Å²) in [5, 5.41) is 11.4. The molecule has 0 spiro atoms. The Morgan fingerprint density at radius 2 is 1.19 bits per heavy atom. The van der Waals surface area contributed by atoms with Crippen molar-refractivity contribution in [2.45, 2.75) is 65.2 Å². The molecular weight excluding hydrogens is 256 g/mol. The van der Waals surface area contributed by atoms with Crippen LogP contribution in [0.4, 0.5) is 0 Å². The molecule has 0 radical (unpaired) electrons. The summed E-state index contributed by atoms with van der Waals surface area (Å²) in [4.78, 5) is 0. The van der Waals surface area contributed by atoms with E-state index in [1.165, 1.54) is 51.4 Å². The molecule has 0 unspecified atom stereocenters. The number of unbranched alkanes of at least 4 members (excludes halogenated alkanes) is 7. The minimum atomic E-state index is 0.323. The van der Waals surface area contributed by atoms with Gasteiger partial charge >= 0.3 is 0 Å². The maximum Gasteiger partial charge on any atom is 0.116 e. The number of aromatic hydroxyl groups is 1. The fourth-order valence-electron chi connectivity index (χ4n) is 2.38. The van der Waals surface area contributed by atoms with Crippen molar-refractivity contribution < 1.29 is 5.11 Å². The van der Waals surface area contributed by atoms with E-state index in [0.29, 0.717) is 5.75 Å². The van der Waals surface area contributed by atoms with Crippen LogP contribution in [0.15, 0.2) is 42.5 Å². The first-order chi connectivity index (χ1) is 10.3. The lowest BCUT2D eigenvalue weighted by Gasteiger charge is -1.97. The van der Waals surface area contributed by atoms with Gasteiger partial charge in [0.15, 0.2) is 0 Å². The zero-order valence-corrected chi connectivity index (χ0v) is 13.6. The molecule has 0 aliphatic rings. The van der Waals surface area contributed by atoms with E-state index >= 15 is 0 Å². The van der Waals surface area contributed by atoms with E-state index in [-0.39, 0.29) is 0 Å². The second-order valence-electron chi connectivity index (χ2n) is 5.65. The van der Waals surface area contributed by atoms with Crippen molar-refractivity contribution in [1.82, 2.24) is 0 Å². The van der Waals surface area contributed by atoms with E-state index in [4.69, 9.17) is 5.11 Å². The molecule has 2 aromatic rings. The van der Waals surface area contributed by atoms with Crippen LogP contribution < -0.4 is 0 Å². The third-order valence-corrected chi connectivity index (χ3v) is 3.69. The second-order valence-corrected chi connectivity index (χ2v) is 5.65. The van der Waals surface area contributed by atoms with Gasteiger partial charge in [-0.05, 0) is 22.9 Å². The Hall–Kier alpha value is -1.50. The summed E-state index contributed by atoms with van der Waals surface area (Å²) in [6, 6.07) is 13.3. The molecule has 2 rings (SSSR count). The quantitative estimate of drug-likeness (QED) is 0.562. The number of phenols is 1. The van der Waals surface area contributed by atoms with Crippen LogP contribution in [-0.2, 0) is 0 Å². The van der Waals surface area contributed by atoms with E-state index in [9.17, 15) is 0 Å². The van der Waals surface area contributed by atoms with Gasteiger partial charge in [-0.1, -0.05) is 95.5 Å². The van der Waals surface area contributed by atoms with Crippen LogP contribution in [0.2, 0.25) is 0 Å². The average Bonchev–Trinajstić information content (AvgIpc) is 2.51. The molecule has 0 saturated carbocycles. The highest BCUT2D eigenvalue weighted by molar-refractivity contribution is 5.83. The molecule has 0 aromatic heterocycles. The Morgan fingerprint density at radius 1 is 0.667 bits per heavy atom. The van der Waals surface area contributed by atoms with Gasteiger partial charge in [0.05, 0.1) is 0 Å². The Kier molecular flexibility index (Phi) is 9.35. The van der Waals surface area contributed by atoms with Crippen molar-refractivity contribution >= 4 is 10.8 Å². The lowest BCUT2D eigenvalue weighted by atomic mass is 10.1. The van der Waals surface area contributed by atoms with Crippen LogP contribution in [0.1, 0.15) is 65.2 Å². The molecule has 21 heavy (non-hydrogen) atoms. The Labute approximate surface area is 130 Å². The van der Waals surface area contributed by atoms with Crippen molar-refractivity contribution in [3.05, 3.63) is 42.5 Å². The van der Waals surface area contributed by atoms with Gasteiger partial charge in [0.25, 0.3) is 0 Å². The van der Waals surface area contributed by atoms with Gasteiger partial charge in [-0.2, -0.15) is 0 Å². The maximum atomic E-state index is 9.13. The SMILES string of the molecule is CCCCCCCCCC.Oc1ccc2ccccc2c1. The third kappa shape index (κ3) is 7.75. The molecule has 0 aliphatic heterocycles. The number of phenolic OH excluding ortho intramolecular Hbond substituents is 1. The molecule has 0 bridgehead atoms. The summed E-state index contributed by atoms with van der Waals surface area (Å²) in [5.41, 5.74) is 0. The van der Waals surface area contributed by atoms with Gasteiger partial charge in [-0.15, -0.1) is 0 Å². The summed E-state index contributed by atoms with van der Waals surface area (Å²) in [5.74, 6) is 0.323. The van der Waals surface area contributed by atoms with Gasteiger partial charge < -0.3 is 5.11 Å². The number of hydrogen-bond acceptors (Lipinski definition) is 1. The second kappa shape index (κ2) is 11.2. The molecule has 0 atom stereocenters. The summed E-state index contributed by atoms with van der Waals surface area (Å²) in [7, 11) is 0. The molecule has 2 aromatic carbocycles. The van der Waals surface area contributed by atoms with E-state index < -0.39 is 0 Å². The topological polar surface area (TPSA) is 20.2 Å². The third-order valence-electron chi connectivity index (χ3n) is 3.69. The predicted octanol–water partition coefficient (Wildman–Crippen LogP) is 6.69. The molecule has 0 amide bonds. The van der Waals surface area contributed by atoms with Crippen LogP contribution in [0.3, 0.4) is 0 Å². The lowest BCUT2D eigenvalue weighted by molar-refractivity contribution is 0.476. The van der Waals surface area contributed by atoms with Gasteiger partial charge in [-0.25, -0.2) is 0 Å². The largest absolute Gasteiger partial charge is 0.508 e. The summed E-state index contributed by atoms with van der Waals surface area (Å²) >= 11 is 0. The van der Waals surface area contributed by atoms with Crippen LogP contribution in [0.25, 0.3) is 10.8 Å². The Bertz CT molecular complexity index is 482. The fraction of sp³-hybridized carbons (Fsp3) is 0.500. The highest BCUT2D eigenvalue weighted by Crippen LogP contribution is 2.18. The molecule has 1 N–H and O–H groups in total. The fourth-order valence-corrected chi connectivity index (χ4v) is 2.38. The van der Waals surface area contributed by atoms with E-state index in [1.54, 1.807) is 12.1 Å². The summed E-state index contributed by atoms with van der Waals surface area (Å²) < 4.78 is 0. The minimum Gasteiger partial charge on any atom is -0.508 e. The Morgan fingerprint density at radius 3 is 1.76 bits per heavy atom. The zero-order valence-electron chi connectivity index (χ0n) is 13.6. The van der Waals surface area contributed by atoms with E-state index in [0.717, 1.165) is 10.8 Å². The number of rotatable bonds is 7. The highest BCUT2D eigenvalue weighted by Gasteiger charge is 1.91. The van der Waals surface area contributed by atoms with Crippen LogP contribution >= 0.6 is 0 Å². The molecule has 0 aliphatic carbocycles. The van der Waals surface area contributed by atoms with Gasteiger partial charge in [-0.3, -0.25) is 0 Å². The molecule has 1 nitrogen and oxygen atoms in total. The van der Waals surface area contributed by atoms with Crippen LogP contribution in [0.5, 0.6) is 5.75 Å².